The zero-order chi connectivity index (χ0) is 18.9. The molecule has 2 amide bonds. The lowest BCUT2D eigenvalue weighted by molar-refractivity contribution is -0.133. The van der Waals surface area contributed by atoms with Crippen LogP contribution >= 0.6 is 11.8 Å². The van der Waals surface area contributed by atoms with Crippen LogP contribution in [0.5, 0.6) is 0 Å². The highest BCUT2D eigenvalue weighted by atomic mass is 32.2. The number of rotatable bonds is 9. The normalized spacial score (nSPS) is 10.6. The predicted octanol–water partition coefficient (Wildman–Crippen LogP) is 2.11. The number of carbonyl (C=O) groups excluding carboxylic acids is 2. The first-order valence-electron chi connectivity index (χ1n) is 8.76. The van der Waals surface area contributed by atoms with Gasteiger partial charge >= 0.3 is 0 Å². The summed E-state index contributed by atoms with van der Waals surface area (Å²) in [6.07, 6.45) is 0.990. The van der Waals surface area contributed by atoms with Gasteiger partial charge in [0.15, 0.2) is 5.82 Å². The second-order valence-corrected chi connectivity index (χ2v) is 6.61. The van der Waals surface area contributed by atoms with Crippen LogP contribution in [0.1, 0.15) is 26.3 Å². The Kier molecular flexibility index (Phi) is 7.65. The van der Waals surface area contributed by atoms with E-state index in [9.17, 15) is 9.59 Å². The van der Waals surface area contributed by atoms with Crippen LogP contribution in [0.2, 0.25) is 0 Å². The van der Waals surface area contributed by atoms with Crippen molar-refractivity contribution in [1.29, 1.82) is 0 Å². The number of hydrogen-bond donors (Lipinski definition) is 2. The van der Waals surface area contributed by atoms with Crippen LogP contribution in [-0.4, -0.2) is 57.3 Å². The van der Waals surface area contributed by atoms with Crippen molar-refractivity contribution in [3.8, 4) is 11.4 Å². The second-order valence-electron chi connectivity index (χ2n) is 5.67. The van der Waals surface area contributed by atoms with E-state index in [0.29, 0.717) is 24.1 Å². The van der Waals surface area contributed by atoms with Crippen molar-refractivity contribution in [3.05, 3.63) is 29.8 Å². The molecule has 0 aliphatic heterocycles. The van der Waals surface area contributed by atoms with Crippen molar-refractivity contribution in [2.75, 3.05) is 25.4 Å². The first-order valence-corrected chi connectivity index (χ1v) is 9.74. The summed E-state index contributed by atoms with van der Waals surface area (Å²) in [6, 6.07) is 8.14. The van der Waals surface area contributed by atoms with Crippen LogP contribution in [0.3, 0.4) is 0 Å². The van der Waals surface area contributed by atoms with Gasteiger partial charge in [0.25, 0.3) is 0 Å². The Labute approximate surface area is 158 Å². The van der Waals surface area contributed by atoms with Gasteiger partial charge in [0.2, 0.25) is 17.0 Å². The van der Waals surface area contributed by atoms with Gasteiger partial charge in [-0.15, -0.1) is 5.10 Å². The highest BCUT2D eigenvalue weighted by molar-refractivity contribution is 7.99. The summed E-state index contributed by atoms with van der Waals surface area (Å²) >= 11 is 1.26. The molecular formula is C18H25N5O2S. The molecule has 0 bridgehead atoms. The van der Waals surface area contributed by atoms with Crippen molar-refractivity contribution in [2.24, 2.45) is 0 Å². The van der Waals surface area contributed by atoms with Crippen LogP contribution in [0.15, 0.2) is 29.4 Å². The smallest absolute Gasteiger partial charge is 0.239 e. The molecule has 0 fully saturated rings. The van der Waals surface area contributed by atoms with Crippen LogP contribution in [0.4, 0.5) is 0 Å². The van der Waals surface area contributed by atoms with Crippen LogP contribution in [0.25, 0.3) is 11.4 Å². The van der Waals surface area contributed by atoms with Crippen molar-refractivity contribution in [1.82, 2.24) is 25.4 Å². The van der Waals surface area contributed by atoms with Gasteiger partial charge in [-0.05, 0) is 25.8 Å². The van der Waals surface area contributed by atoms with E-state index in [4.69, 9.17) is 0 Å². The molecule has 7 nitrogen and oxygen atoms in total. The summed E-state index contributed by atoms with van der Waals surface area (Å²) in [5.41, 5.74) is 2.22. The van der Waals surface area contributed by atoms with Gasteiger partial charge in [0.05, 0.1) is 12.3 Å². The van der Waals surface area contributed by atoms with Gasteiger partial charge < -0.3 is 10.2 Å². The number of aryl methyl sites for hydroxylation is 1. The topological polar surface area (TPSA) is 91.0 Å². The number of likely N-dealkylation sites (N-methyl/N-ethyl adjacent to an activating group) is 2. The average Bonchev–Trinajstić information content (AvgIpc) is 3.13. The quantitative estimate of drug-likeness (QED) is 0.655. The van der Waals surface area contributed by atoms with Gasteiger partial charge in [-0.1, -0.05) is 43.0 Å². The summed E-state index contributed by atoms with van der Waals surface area (Å²) in [6.45, 7) is 6.93. The zero-order valence-corrected chi connectivity index (χ0v) is 16.2. The molecule has 0 spiro atoms. The fourth-order valence-electron chi connectivity index (χ4n) is 2.36. The number of nitrogens with zero attached hydrogens (tertiary/aromatic N) is 3. The molecule has 8 heteroatoms. The third-order valence-electron chi connectivity index (χ3n) is 3.87. The molecule has 0 unspecified atom stereocenters. The van der Waals surface area contributed by atoms with E-state index >= 15 is 0 Å². The molecule has 0 atom stereocenters. The van der Waals surface area contributed by atoms with E-state index in [2.05, 4.69) is 39.6 Å². The molecule has 1 aromatic heterocycles. The first-order chi connectivity index (χ1) is 12.6. The summed E-state index contributed by atoms with van der Waals surface area (Å²) < 4.78 is 0. The molecule has 2 N–H and O–H groups in total. The average molecular weight is 375 g/mol. The van der Waals surface area contributed by atoms with Gasteiger partial charge in [0.1, 0.15) is 0 Å². The molecule has 0 aliphatic rings. The van der Waals surface area contributed by atoms with Gasteiger partial charge in [0, 0.05) is 18.7 Å². The lowest BCUT2D eigenvalue weighted by Gasteiger charge is -2.19. The van der Waals surface area contributed by atoms with E-state index in [-0.39, 0.29) is 24.1 Å². The molecule has 26 heavy (non-hydrogen) atoms. The maximum atomic E-state index is 12.3. The van der Waals surface area contributed by atoms with Gasteiger partial charge in [-0.2, -0.15) is 0 Å². The number of nitrogens with one attached hydrogen (secondary N) is 2. The molecule has 1 aromatic carbocycles. The lowest BCUT2D eigenvalue weighted by atomic mass is 10.1. The van der Waals surface area contributed by atoms with Crippen LogP contribution < -0.4 is 5.32 Å². The van der Waals surface area contributed by atoms with Crippen molar-refractivity contribution >= 4 is 23.6 Å². The van der Waals surface area contributed by atoms with Crippen LogP contribution in [0, 0.1) is 0 Å². The highest BCUT2D eigenvalue weighted by Gasteiger charge is 2.16. The standard InChI is InChI=1S/C18H25N5O2S/c1-4-13-7-9-14(10-8-13)17-20-18(22-21-17)26-12-16(25)23(6-3)11-15(24)19-5-2/h7-10H,4-6,11-12H2,1-3H3,(H,19,24)(H,20,21,22). The summed E-state index contributed by atoms with van der Waals surface area (Å²) in [4.78, 5) is 29.9. The molecule has 2 aromatic rings. The van der Waals surface area contributed by atoms with E-state index in [1.807, 2.05) is 26.0 Å². The number of amides is 2. The minimum atomic E-state index is -0.150. The monoisotopic (exact) mass is 375 g/mol. The Morgan fingerprint density at radius 1 is 1.19 bits per heavy atom. The van der Waals surface area contributed by atoms with Crippen molar-refractivity contribution in [2.45, 2.75) is 32.3 Å². The molecule has 0 saturated carbocycles. The molecular weight excluding hydrogens is 350 g/mol. The fraction of sp³-hybridized carbons (Fsp3) is 0.444. The number of carbonyl (C=O) groups is 2. The highest BCUT2D eigenvalue weighted by Crippen LogP contribution is 2.20. The summed E-state index contributed by atoms with van der Waals surface area (Å²) in [5.74, 6) is 0.613. The molecule has 2 rings (SSSR count). The lowest BCUT2D eigenvalue weighted by Crippen LogP contribution is -2.41. The number of aromatic amines is 1. The van der Waals surface area contributed by atoms with Crippen molar-refractivity contribution < 1.29 is 9.59 Å². The minimum absolute atomic E-state index is 0.0761. The minimum Gasteiger partial charge on any atom is -0.355 e. The summed E-state index contributed by atoms with van der Waals surface area (Å²) in [5, 5.41) is 10.3. The molecule has 140 valence electrons. The van der Waals surface area contributed by atoms with E-state index in [1.165, 1.54) is 22.2 Å². The third kappa shape index (κ3) is 5.59. The molecule has 1 heterocycles. The number of benzene rings is 1. The first kappa shape index (κ1) is 20.0. The molecule has 0 saturated heterocycles. The van der Waals surface area contributed by atoms with E-state index in [0.717, 1.165) is 12.0 Å². The number of hydrogen-bond acceptors (Lipinski definition) is 5. The SMILES string of the molecule is CCNC(=O)CN(CC)C(=O)CSc1n[nH]c(-c2ccc(CC)cc2)n1. The number of aromatic nitrogens is 3. The largest absolute Gasteiger partial charge is 0.355 e. The number of thioether (sulfide) groups is 1. The predicted molar refractivity (Wildman–Crippen MR) is 103 cm³/mol. The third-order valence-corrected chi connectivity index (χ3v) is 4.70. The number of H-pyrrole nitrogens is 1. The Hall–Kier alpha value is -2.35. The van der Waals surface area contributed by atoms with Crippen molar-refractivity contribution in [3.63, 3.8) is 0 Å². The second kappa shape index (κ2) is 9.96. The Morgan fingerprint density at radius 2 is 1.92 bits per heavy atom. The summed E-state index contributed by atoms with van der Waals surface area (Å²) in [7, 11) is 0. The fourth-order valence-corrected chi connectivity index (χ4v) is 3.06. The Bertz CT molecular complexity index is 729. The van der Waals surface area contributed by atoms with E-state index in [1.54, 1.807) is 0 Å². The van der Waals surface area contributed by atoms with Gasteiger partial charge in [-0.25, -0.2) is 4.98 Å². The Morgan fingerprint density at radius 3 is 2.54 bits per heavy atom. The maximum absolute atomic E-state index is 12.3. The zero-order valence-electron chi connectivity index (χ0n) is 15.4. The van der Waals surface area contributed by atoms with Gasteiger partial charge in [-0.3, -0.25) is 14.7 Å². The van der Waals surface area contributed by atoms with Crippen LogP contribution in [-0.2, 0) is 16.0 Å². The maximum Gasteiger partial charge on any atom is 0.239 e. The molecule has 0 aliphatic carbocycles. The molecule has 0 radical (unpaired) electrons. The van der Waals surface area contributed by atoms with E-state index < -0.39 is 0 Å². The Balaban J connectivity index is 1.91.